The summed E-state index contributed by atoms with van der Waals surface area (Å²) in [6.07, 6.45) is 1.14. The molecule has 0 amide bonds. The van der Waals surface area contributed by atoms with Gasteiger partial charge < -0.3 is 0 Å². The van der Waals surface area contributed by atoms with Crippen LogP contribution in [0, 0.1) is 12.8 Å². The fraction of sp³-hybridized carbons (Fsp3) is 0.750. The Morgan fingerprint density at radius 2 is 2.50 bits per heavy atom. The van der Waals surface area contributed by atoms with Gasteiger partial charge in [-0.2, -0.15) is 0 Å². The molecule has 2 heteroatoms. The predicted octanol–water partition coefficient (Wildman–Crippen LogP) is 2.38. The largest absolute Gasteiger partial charge is 0.279 e. The highest BCUT2D eigenvalue weighted by Crippen LogP contribution is 2.21. The summed E-state index contributed by atoms with van der Waals surface area (Å²) in [5.41, 5.74) is 0. The second-order valence-corrected chi connectivity index (χ2v) is 4.18. The molecule has 0 spiro atoms. The molecule has 10 heavy (non-hydrogen) atoms. The number of hydrogen-bond acceptors (Lipinski definition) is 2. The minimum atomic E-state index is 0.318. The van der Waals surface area contributed by atoms with Crippen molar-refractivity contribution >= 4 is 16.8 Å². The second kappa shape index (κ2) is 3.42. The van der Waals surface area contributed by atoms with Crippen molar-refractivity contribution in [3.05, 3.63) is 6.92 Å². The highest BCUT2D eigenvalue weighted by atomic mass is 32.2. The lowest BCUT2D eigenvalue weighted by Gasteiger charge is -2.01. The first-order valence-electron chi connectivity index (χ1n) is 3.71. The molecule has 0 bridgehead atoms. The molecule has 0 N–H and O–H groups in total. The summed E-state index contributed by atoms with van der Waals surface area (Å²) in [5, 5.41) is 1.30. The second-order valence-electron chi connectivity index (χ2n) is 3.09. The maximum absolute atomic E-state index is 4.40. The fourth-order valence-electron chi connectivity index (χ4n) is 0.931. The van der Waals surface area contributed by atoms with Crippen molar-refractivity contribution in [2.75, 3.05) is 5.75 Å². The van der Waals surface area contributed by atoms with E-state index in [1.54, 1.807) is 0 Å². The average Bonchev–Trinajstić information content (AvgIpc) is 2.13. The summed E-state index contributed by atoms with van der Waals surface area (Å²) in [4.78, 5) is 4.40. The topological polar surface area (TPSA) is 12.4 Å². The van der Waals surface area contributed by atoms with Gasteiger partial charge in [0.1, 0.15) is 0 Å². The lowest BCUT2D eigenvalue weighted by atomic mass is 10.1. The Bertz CT molecular complexity index is 140. The minimum Gasteiger partial charge on any atom is -0.279 e. The standard InChI is InChI=1S/C8H14NS/c1-6(2)4-8-9-7(3)5-10-8/h6-7H,3-5H2,1-2H3. The van der Waals surface area contributed by atoms with Crippen molar-refractivity contribution in [2.24, 2.45) is 10.9 Å². The van der Waals surface area contributed by atoms with E-state index in [1.165, 1.54) is 5.04 Å². The van der Waals surface area contributed by atoms with Crippen LogP contribution in [0.4, 0.5) is 0 Å². The molecule has 1 rings (SSSR count). The van der Waals surface area contributed by atoms with E-state index >= 15 is 0 Å². The van der Waals surface area contributed by atoms with E-state index in [9.17, 15) is 0 Å². The minimum absolute atomic E-state index is 0.318. The van der Waals surface area contributed by atoms with Crippen LogP contribution in [0.2, 0.25) is 0 Å². The molecule has 0 aromatic rings. The molecule has 1 aliphatic rings. The average molecular weight is 156 g/mol. The summed E-state index contributed by atoms with van der Waals surface area (Å²) in [5.74, 6) is 1.82. The Kier molecular flexibility index (Phi) is 2.78. The van der Waals surface area contributed by atoms with Gasteiger partial charge in [0.15, 0.2) is 0 Å². The van der Waals surface area contributed by atoms with Crippen molar-refractivity contribution in [1.29, 1.82) is 0 Å². The monoisotopic (exact) mass is 156 g/mol. The maximum atomic E-state index is 4.40. The molecule has 1 atom stereocenters. The van der Waals surface area contributed by atoms with Crippen molar-refractivity contribution in [1.82, 2.24) is 0 Å². The third kappa shape index (κ3) is 2.33. The van der Waals surface area contributed by atoms with Crippen molar-refractivity contribution in [3.8, 4) is 0 Å². The number of thioether (sulfide) groups is 1. The molecule has 0 fully saturated rings. The van der Waals surface area contributed by atoms with E-state index in [0.29, 0.717) is 6.04 Å². The van der Waals surface area contributed by atoms with E-state index in [2.05, 4.69) is 25.8 Å². The Labute approximate surface area is 67.3 Å². The van der Waals surface area contributed by atoms with E-state index in [0.717, 1.165) is 18.1 Å². The van der Waals surface area contributed by atoms with Gasteiger partial charge in [0.25, 0.3) is 0 Å². The molecular formula is C8H14NS. The van der Waals surface area contributed by atoms with Crippen LogP contribution in [0.15, 0.2) is 4.99 Å². The van der Waals surface area contributed by atoms with Crippen LogP contribution in [0.25, 0.3) is 0 Å². The van der Waals surface area contributed by atoms with Gasteiger partial charge in [-0.25, -0.2) is 0 Å². The molecule has 57 valence electrons. The van der Waals surface area contributed by atoms with Crippen LogP contribution >= 0.6 is 11.8 Å². The highest BCUT2D eigenvalue weighted by molar-refractivity contribution is 8.14. The van der Waals surface area contributed by atoms with Crippen LogP contribution < -0.4 is 0 Å². The van der Waals surface area contributed by atoms with Gasteiger partial charge in [0.2, 0.25) is 0 Å². The first kappa shape index (κ1) is 8.12. The van der Waals surface area contributed by atoms with E-state index in [1.807, 2.05) is 11.8 Å². The van der Waals surface area contributed by atoms with Crippen molar-refractivity contribution in [2.45, 2.75) is 26.3 Å². The fourth-order valence-corrected chi connectivity index (χ4v) is 2.07. The van der Waals surface area contributed by atoms with Gasteiger partial charge in [-0.15, -0.1) is 11.8 Å². The molecule has 1 unspecified atom stereocenters. The Morgan fingerprint density at radius 1 is 1.80 bits per heavy atom. The molecule has 1 heterocycles. The van der Waals surface area contributed by atoms with E-state index in [4.69, 9.17) is 0 Å². The van der Waals surface area contributed by atoms with Gasteiger partial charge in [0.05, 0.1) is 11.1 Å². The highest BCUT2D eigenvalue weighted by Gasteiger charge is 2.13. The zero-order valence-electron chi connectivity index (χ0n) is 6.63. The Balaban J connectivity index is 2.35. The molecule has 1 aliphatic heterocycles. The van der Waals surface area contributed by atoms with Gasteiger partial charge in [-0.3, -0.25) is 4.99 Å². The molecule has 1 radical (unpaired) electrons. The zero-order chi connectivity index (χ0) is 7.56. The molecule has 0 aliphatic carbocycles. The molecular weight excluding hydrogens is 142 g/mol. The Morgan fingerprint density at radius 3 is 2.90 bits per heavy atom. The normalized spacial score (nSPS) is 25.6. The smallest absolute Gasteiger partial charge is 0.0683 e. The van der Waals surface area contributed by atoms with Crippen molar-refractivity contribution in [3.63, 3.8) is 0 Å². The Hall–Kier alpha value is 0.0200. The summed E-state index contributed by atoms with van der Waals surface area (Å²) in [6.45, 7) is 8.33. The first-order chi connectivity index (χ1) is 4.68. The van der Waals surface area contributed by atoms with Crippen LogP contribution in [0.3, 0.4) is 0 Å². The van der Waals surface area contributed by atoms with Crippen LogP contribution in [0.1, 0.15) is 20.3 Å². The number of rotatable bonds is 2. The van der Waals surface area contributed by atoms with Gasteiger partial charge >= 0.3 is 0 Å². The zero-order valence-corrected chi connectivity index (χ0v) is 7.45. The quantitative estimate of drug-likeness (QED) is 0.598. The number of hydrogen-bond donors (Lipinski definition) is 0. The van der Waals surface area contributed by atoms with E-state index < -0.39 is 0 Å². The SMILES string of the molecule is [CH2]C1CSC(CC(C)C)=N1. The summed E-state index contributed by atoms with van der Waals surface area (Å²) >= 11 is 1.87. The molecule has 0 saturated carbocycles. The first-order valence-corrected chi connectivity index (χ1v) is 4.69. The molecule has 0 saturated heterocycles. The summed E-state index contributed by atoms with van der Waals surface area (Å²) < 4.78 is 0. The summed E-state index contributed by atoms with van der Waals surface area (Å²) in [6, 6.07) is 0.318. The lowest BCUT2D eigenvalue weighted by Crippen LogP contribution is -1.95. The number of nitrogens with zero attached hydrogens (tertiary/aromatic N) is 1. The maximum Gasteiger partial charge on any atom is 0.0683 e. The molecule has 1 nitrogen and oxygen atoms in total. The van der Waals surface area contributed by atoms with Crippen LogP contribution in [0.5, 0.6) is 0 Å². The van der Waals surface area contributed by atoms with Gasteiger partial charge in [0, 0.05) is 5.75 Å². The third-order valence-electron chi connectivity index (χ3n) is 1.35. The summed E-state index contributed by atoms with van der Waals surface area (Å²) in [7, 11) is 0. The third-order valence-corrected chi connectivity index (χ3v) is 2.51. The van der Waals surface area contributed by atoms with Crippen LogP contribution in [-0.2, 0) is 0 Å². The molecule has 0 aromatic carbocycles. The number of aliphatic imine (C=N–C) groups is 1. The van der Waals surface area contributed by atoms with Gasteiger partial charge in [-0.1, -0.05) is 13.8 Å². The molecule has 0 aromatic heterocycles. The van der Waals surface area contributed by atoms with E-state index in [-0.39, 0.29) is 0 Å². The predicted molar refractivity (Wildman–Crippen MR) is 48.5 cm³/mol. The lowest BCUT2D eigenvalue weighted by molar-refractivity contribution is 0.687. The van der Waals surface area contributed by atoms with Crippen LogP contribution in [-0.4, -0.2) is 16.8 Å². The van der Waals surface area contributed by atoms with Crippen molar-refractivity contribution < 1.29 is 0 Å². The van der Waals surface area contributed by atoms with Gasteiger partial charge in [-0.05, 0) is 19.3 Å².